The van der Waals surface area contributed by atoms with E-state index in [0.29, 0.717) is 18.3 Å². The fourth-order valence-electron chi connectivity index (χ4n) is 0.867. The van der Waals surface area contributed by atoms with Crippen LogP contribution in [0.5, 0.6) is 5.88 Å². The van der Waals surface area contributed by atoms with E-state index in [1.165, 1.54) is 6.20 Å². The van der Waals surface area contributed by atoms with Crippen LogP contribution in [0.25, 0.3) is 0 Å². The Hall–Kier alpha value is -1.40. The van der Waals surface area contributed by atoms with Crippen LogP contribution < -0.4 is 16.0 Å². The molecular formula is C10H19N5O. The maximum atomic E-state index is 5.56. The van der Waals surface area contributed by atoms with Crippen molar-refractivity contribution >= 4 is 5.82 Å². The maximum Gasteiger partial charge on any atom is 0.234 e. The summed E-state index contributed by atoms with van der Waals surface area (Å²) >= 11 is 0. The minimum Gasteiger partial charge on any atom is -0.475 e. The van der Waals surface area contributed by atoms with Crippen molar-refractivity contribution < 1.29 is 4.74 Å². The molecule has 0 aliphatic heterocycles. The summed E-state index contributed by atoms with van der Waals surface area (Å²) in [6, 6.07) is 0. The summed E-state index contributed by atoms with van der Waals surface area (Å²) in [6.45, 7) is 4.71. The molecule has 1 heterocycles. The Bertz CT molecular complexity index is 340. The lowest BCUT2D eigenvalue weighted by atomic mass is 10.1. The third-order valence-corrected chi connectivity index (χ3v) is 2.54. The first-order valence-corrected chi connectivity index (χ1v) is 5.04. The minimum absolute atomic E-state index is 0.0617. The molecule has 0 spiro atoms. The number of nitrogens with two attached hydrogens (primary N) is 1. The Morgan fingerprint density at radius 2 is 2.12 bits per heavy atom. The number of hydrogen-bond acceptors (Lipinski definition) is 6. The fourth-order valence-corrected chi connectivity index (χ4v) is 0.867. The number of aromatic nitrogens is 2. The molecule has 16 heavy (non-hydrogen) atoms. The molecule has 0 unspecified atom stereocenters. The van der Waals surface area contributed by atoms with Gasteiger partial charge in [0.2, 0.25) is 5.88 Å². The lowest BCUT2D eigenvalue weighted by molar-refractivity contribution is 0.111. The van der Waals surface area contributed by atoms with Crippen LogP contribution in [-0.4, -0.2) is 41.1 Å². The average Bonchev–Trinajstić information content (AvgIpc) is 2.26. The number of likely N-dealkylation sites (N-methyl/N-ethyl adjacent to an activating group) is 1. The molecule has 0 fully saturated rings. The van der Waals surface area contributed by atoms with Crippen molar-refractivity contribution in [1.29, 1.82) is 0 Å². The highest BCUT2D eigenvalue weighted by molar-refractivity contribution is 5.31. The number of hydrazine groups is 1. The molecule has 0 saturated carbocycles. The molecular weight excluding hydrogens is 206 g/mol. The van der Waals surface area contributed by atoms with Crippen LogP contribution >= 0.6 is 0 Å². The van der Waals surface area contributed by atoms with E-state index >= 15 is 0 Å². The topological polar surface area (TPSA) is 76.3 Å². The van der Waals surface area contributed by atoms with E-state index in [1.807, 2.05) is 14.1 Å². The quantitative estimate of drug-likeness (QED) is 0.561. The second kappa shape index (κ2) is 5.09. The van der Waals surface area contributed by atoms with Crippen LogP contribution in [0, 0.1) is 0 Å². The fraction of sp³-hybridized carbons (Fsp3) is 0.600. The smallest absolute Gasteiger partial charge is 0.234 e. The van der Waals surface area contributed by atoms with E-state index in [0.717, 1.165) is 0 Å². The summed E-state index contributed by atoms with van der Waals surface area (Å²) in [4.78, 5) is 10.2. The number of ether oxygens (including phenoxy) is 1. The van der Waals surface area contributed by atoms with E-state index < -0.39 is 0 Å². The Balaban J connectivity index is 2.60. The first-order valence-electron chi connectivity index (χ1n) is 5.04. The van der Waals surface area contributed by atoms with Crippen molar-refractivity contribution in [2.24, 2.45) is 5.84 Å². The van der Waals surface area contributed by atoms with Crippen molar-refractivity contribution in [2.45, 2.75) is 19.4 Å². The van der Waals surface area contributed by atoms with Gasteiger partial charge in [-0.05, 0) is 27.9 Å². The highest BCUT2D eigenvalue weighted by Gasteiger charge is 2.21. The van der Waals surface area contributed by atoms with Gasteiger partial charge >= 0.3 is 0 Å². The van der Waals surface area contributed by atoms with Crippen LogP contribution in [0.3, 0.4) is 0 Å². The molecule has 0 saturated heterocycles. The van der Waals surface area contributed by atoms with Gasteiger partial charge in [-0.3, -0.25) is 4.98 Å². The highest BCUT2D eigenvalue weighted by Crippen LogP contribution is 2.14. The summed E-state index contributed by atoms with van der Waals surface area (Å²) < 4.78 is 5.56. The van der Waals surface area contributed by atoms with Crippen molar-refractivity contribution in [1.82, 2.24) is 14.9 Å². The molecule has 0 amide bonds. The van der Waals surface area contributed by atoms with Gasteiger partial charge in [-0.1, -0.05) is 0 Å². The zero-order valence-corrected chi connectivity index (χ0v) is 10.2. The molecule has 1 aromatic rings. The largest absolute Gasteiger partial charge is 0.475 e. The van der Waals surface area contributed by atoms with Gasteiger partial charge in [-0.15, -0.1) is 0 Å². The molecule has 0 atom stereocenters. The summed E-state index contributed by atoms with van der Waals surface area (Å²) in [6.07, 6.45) is 3.09. The van der Waals surface area contributed by atoms with Crippen LogP contribution in [0.15, 0.2) is 12.4 Å². The zero-order chi connectivity index (χ0) is 12.2. The predicted molar refractivity (Wildman–Crippen MR) is 63.1 cm³/mol. The number of hydrogen-bond donors (Lipinski definition) is 2. The Labute approximate surface area is 95.8 Å². The van der Waals surface area contributed by atoms with Crippen molar-refractivity contribution in [3.05, 3.63) is 12.4 Å². The van der Waals surface area contributed by atoms with Crippen LogP contribution in [0.4, 0.5) is 5.82 Å². The second-order valence-corrected chi connectivity index (χ2v) is 4.38. The van der Waals surface area contributed by atoms with E-state index in [2.05, 4.69) is 34.1 Å². The van der Waals surface area contributed by atoms with E-state index in [1.54, 1.807) is 6.20 Å². The van der Waals surface area contributed by atoms with Gasteiger partial charge in [0.05, 0.1) is 12.4 Å². The van der Waals surface area contributed by atoms with Gasteiger partial charge in [-0.25, -0.2) is 5.84 Å². The molecule has 1 aromatic heterocycles. The number of nitrogens with zero attached hydrogens (tertiary/aromatic N) is 3. The van der Waals surface area contributed by atoms with E-state index in [4.69, 9.17) is 10.6 Å². The van der Waals surface area contributed by atoms with Crippen molar-refractivity contribution in [3.8, 4) is 5.88 Å². The highest BCUT2D eigenvalue weighted by atomic mass is 16.5. The lowest BCUT2D eigenvalue weighted by Gasteiger charge is -2.31. The Morgan fingerprint density at radius 3 is 2.69 bits per heavy atom. The molecule has 0 aromatic carbocycles. The second-order valence-electron chi connectivity index (χ2n) is 4.38. The van der Waals surface area contributed by atoms with Crippen LogP contribution in [-0.2, 0) is 0 Å². The monoisotopic (exact) mass is 225 g/mol. The molecule has 0 aliphatic rings. The number of nitrogen functional groups attached to an aromatic ring is 1. The van der Waals surface area contributed by atoms with Gasteiger partial charge in [0, 0.05) is 5.54 Å². The van der Waals surface area contributed by atoms with Gasteiger partial charge in [-0.2, -0.15) is 4.98 Å². The molecule has 6 nitrogen and oxygen atoms in total. The SMILES string of the molecule is CN(C)C(C)(C)COc1cncc(NN)n1. The number of nitrogens with one attached hydrogen (secondary N) is 1. The Morgan fingerprint density at radius 1 is 1.44 bits per heavy atom. The van der Waals surface area contributed by atoms with Crippen molar-refractivity contribution in [3.63, 3.8) is 0 Å². The third kappa shape index (κ3) is 3.32. The van der Waals surface area contributed by atoms with E-state index in [-0.39, 0.29) is 5.54 Å². The summed E-state index contributed by atoms with van der Waals surface area (Å²) in [7, 11) is 4.01. The maximum absolute atomic E-state index is 5.56. The van der Waals surface area contributed by atoms with Gasteiger partial charge in [0.15, 0.2) is 5.82 Å². The zero-order valence-electron chi connectivity index (χ0n) is 10.2. The van der Waals surface area contributed by atoms with Crippen LogP contribution in [0.2, 0.25) is 0 Å². The van der Waals surface area contributed by atoms with E-state index in [9.17, 15) is 0 Å². The molecule has 90 valence electrons. The first kappa shape index (κ1) is 12.7. The lowest BCUT2D eigenvalue weighted by Crippen LogP contribution is -2.43. The summed E-state index contributed by atoms with van der Waals surface area (Å²) in [5, 5.41) is 0. The van der Waals surface area contributed by atoms with Gasteiger partial charge < -0.3 is 15.1 Å². The number of anilines is 1. The molecule has 0 bridgehead atoms. The molecule has 6 heteroatoms. The normalized spacial score (nSPS) is 11.6. The molecule has 0 aliphatic carbocycles. The van der Waals surface area contributed by atoms with Gasteiger partial charge in [0.1, 0.15) is 6.61 Å². The average molecular weight is 225 g/mol. The molecule has 1 rings (SSSR count). The molecule has 0 radical (unpaired) electrons. The predicted octanol–water partition coefficient (Wildman–Crippen LogP) is 0.481. The summed E-state index contributed by atoms with van der Waals surface area (Å²) in [5.74, 6) is 6.18. The number of rotatable bonds is 5. The minimum atomic E-state index is -0.0617. The first-order chi connectivity index (χ1) is 7.45. The standard InChI is InChI=1S/C10H19N5O/c1-10(2,15(3)4)7-16-9-6-12-5-8(13-9)14-11/h5-6H,7,11H2,1-4H3,(H,13,14). The Kier molecular flexibility index (Phi) is 4.03. The third-order valence-electron chi connectivity index (χ3n) is 2.54. The molecule has 3 N–H and O–H groups in total. The van der Waals surface area contributed by atoms with Crippen molar-refractivity contribution in [2.75, 3.05) is 26.1 Å². The van der Waals surface area contributed by atoms with Crippen LogP contribution in [0.1, 0.15) is 13.8 Å². The van der Waals surface area contributed by atoms with Gasteiger partial charge in [0.25, 0.3) is 0 Å². The summed E-state index contributed by atoms with van der Waals surface area (Å²) in [5.41, 5.74) is 2.36.